The van der Waals surface area contributed by atoms with E-state index < -0.39 is 17.9 Å². The van der Waals surface area contributed by atoms with E-state index >= 15 is 0 Å². The summed E-state index contributed by atoms with van der Waals surface area (Å²) in [4.78, 5) is 37.0. The molecule has 0 aliphatic rings. The predicted octanol–water partition coefficient (Wildman–Crippen LogP) is 15.9. The van der Waals surface area contributed by atoms with Crippen LogP contribution in [0.5, 0.6) is 0 Å². The second-order valence-electron chi connectivity index (χ2n) is 16.7. The highest BCUT2D eigenvalue weighted by Gasteiger charge is 2.27. The Bertz CT molecular complexity index is 1030. The molecule has 318 valence electrons. The molecule has 0 heterocycles. The van der Waals surface area contributed by atoms with Crippen LogP contribution >= 0.6 is 0 Å². The molecule has 6 heteroatoms. The number of unbranched alkanes of at least 4 members (excludes halogenated alkanes) is 34. The van der Waals surface area contributed by atoms with Crippen LogP contribution in [0, 0.1) is 0 Å². The molecule has 0 aromatic heterocycles. The Balaban J connectivity index is 2.36. The van der Waals surface area contributed by atoms with Crippen LogP contribution in [0.15, 0.2) is 6.07 Å². The van der Waals surface area contributed by atoms with Crippen molar-refractivity contribution in [2.24, 2.45) is 0 Å². The molecule has 6 nitrogen and oxygen atoms in total. The van der Waals surface area contributed by atoms with Crippen molar-refractivity contribution in [3.63, 3.8) is 0 Å². The number of benzene rings is 1. The van der Waals surface area contributed by atoms with Crippen molar-refractivity contribution in [2.75, 3.05) is 0 Å². The lowest BCUT2D eigenvalue weighted by Crippen LogP contribution is -2.18. The Morgan fingerprint density at radius 1 is 0.327 bits per heavy atom. The number of aromatic carboxylic acids is 3. The van der Waals surface area contributed by atoms with Crippen molar-refractivity contribution in [3.8, 4) is 0 Å². The zero-order valence-corrected chi connectivity index (χ0v) is 36.0. The Hall–Kier alpha value is -2.37. The van der Waals surface area contributed by atoms with E-state index in [0.717, 1.165) is 38.5 Å². The summed E-state index contributed by atoms with van der Waals surface area (Å²) in [7, 11) is 0. The Labute approximate surface area is 338 Å². The molecule has 55 heavy (non-hydrogen) atoms. The lowest BCUT2D eigenvalue weighted by molar-refractivity contribution is 0.0694. The molecular formula is C49H86O6. The third kappa shape index (κ3) is 26.2. The first-order valence-electron chi connectivity index (χ1n) is 23.7. The third-order valence-corrected chi connectivity index (χ3v) is 11.8. The van der Waals surface area contributed by atoms with Gasteiger partial charge in [-0.1, -0.05) is 232 Å². The second kappa shape index (κ2) is 36.0. The SMILES string of the molecule is CCCCCCCCCCCCCCCCCCCCc1c(C(=O)O)cc(C(=O)O)c(CCCCCCCCCCCCCCCCCCCC)c1C(=O)O. The number of carbonyl (C=O) groups is 3. The summed E-state index contributed by atoms with van der Waals surface area (Å²) in [6, 6.07) is 1.21. The standard InChI is InChI=1S/C49H86O6/c1-3-5-7-9-11-13-15-17-19-21-23-25-27-29-31-33-35-37-39-42-44(47(50)51)41-45(48(52)53)43(46(42)49(54)55)40-38-36-34-32-30-28-26-24-22-20-18-16-14-12-10-8-6-4-2/h41H,3-40H2,1-2H3,(H,50,51)(H,52,53)(H,54,55). The fraction of sp³-hybridized carbons (Fsp3) is 0.816. The first kappa shape index (κ1) is 50.6. The lowest BCUT2D eigenvalue weighted by Gasteiger charge is -2.17. The minimum Gasteiger partial charge on any atom is -0.478 e. The van der Waals surface area contributed by atoms with Crippen LogP contribution in [0.25, 0.3) is 0 Å². The molecule has 0 amide bonds. The summed E-state index contributed by atoms with van der Waals surface area (Å²) < 4.78 is 0. The van der Waals surface area contributed by atoms with Crippen molar-refractivity contribution in [2.45, 2.75) is 258 Å². The van der Waals surface area contributed by atoms with Crippen LogP contribution in [-0.4, -0.2) is 33.2 Å². The van der Waals surface area contributed by atoms with Crippen LogP contribution in [0.1, 0.15) is 287 Å². The average molecular weight is 771 g/mol. The van der Waals surface area contributed by atoms with Gasteiger partial charge >= 0.3 is 17.9 Å². The second-order valence-corrected chi connectivity index (χ2v) is 16.7. The van der Waals surface area contributed by atoms with Crippen LogP contribution in [-0.2, 0) is 12.8 Å². The van der Waals surface area contributed by atoms with E-state index in [-0.39, 0.29) is 16.7 Å². The maximum absolute atomic E-state index is 12.6. The van der Waals surface area contributed by atoms with Crippen LogP contribution in [0.4, 0.5) is 0 Å². The molecule has 0 spiro atoms. The molecule has 0 saturated carbocycles. The highest BCUT2D eigenvalue weighted by Crippen LogP contribution is 2.29. The van der Waals surface area contributed by atoms with E-state index in [1.807, 2.05) is 0 Å². The topological polar surface area (TPSA) is 112 Å². The number of rotatable bonds is 41. The Morgan fingerprint density at radius 3 is 0.709 bits per heavy atom. The molecule has 1 aromatic rings. The summed E-state index contributed by atoms with van der Waals surface area (Å²) in [6.45, 7) is 4.54. The van der Waals surface area contributed by atoms with E-state index in [0.29, 0.717) is 36.8 Å². The van der Waals surface area contributed by atoms with Gasteiger partial charge in [0.25, 0.3) is 0 Å². The lowest BCUT2D eigenvalue weighted by atomic mass is 9.86. The van der Waals surface area contributed by atoms with Crippen LogP contribution in [0.2, 0.25) is 0 Å². The predicted molar refractivity (Wildman–Crippen MR) is 232 cm³/mol. The van der Waals surface area contributed by atoms with Crippen molar-refractivity contribution >= 4 is 17.9 Å². The molecule has 0 aliphatic heterocycles. The van der Waals surface area contributed by atoms with Gasteiger partial charge in [0.05, 0.1) is 16.7 Å². The van der Waals surface area contributed by atoms with Gasteiger partial charge in [0, 0.05) is 0 Å². The van der Waals surface area contributed by atoms with Gasteiger partial charge in [-0.3, -0.25) is 0 Å². The van der Waals surface area contributed by atoms with E-state index in [4.69, 9.17) is 0 Å². The fourth-order valence-corrected chi connectivity index (χ4v) is 8.34. The van der Waals surface area contributed by atoms with Gasteiger partial charge in [-0.2, -0.15) is 0 Å². The molecule has 0 unspecified atom stereocenters. The van der Waals surface area contributed by atoms with E-state index in [2.05, 4.69) is 13.8 Å². The van der Waals surface area contributed by atoms with Crippen molar-refractivity contribution < 1.29 is 29.7 Å². The van der Waals surface area contributed by atoms with Gasteiger partial charge in [-0.05, 0) is 42.9 Å². The third-order valence-electron chi connectivity index (χ3n) is 11.8. The van der Waals surface area contributed by atoms with Gasteiger partial charge < -0.3 is 15.3 Å². The van der Waals surface area contributed by atoms with Crippen molar-refractivity contribution in [1.82, 2.24) is 0 Å². The Kier molecular flexibility index (Phi) is 33.2. The first-order chi connectivity index (χ1) is 26.8. The molecule has 0 radical (unpaired) electrons. The zero-order chi connectivity index (χ0) is 40.2. The zero-order valence-electron chi connectivity index (χ0n) is 36.0. The monoisotopic (exact) mass is 771 g/mol. The Morgan fingerprint density at radius 2 is 0.527 bits per heavy atom. The number of hydrogen-bond acceptors (Lipinski definition) is 3. The maximum atomic E-state index is 12.6. The smallest absolute Gasteiger partial charge is 0.336 e. The molecule has 0 atom stereocenters. The number of hydrogen-bond donors (Lipinski definition) is 3. The quantitative estimate of drug-likeness (QED) is 0.0572. The molecule has 1 rings (SSSR count). The van der Waals surface area contributed by atoms with Crippen LogP contribution in [0.3, 0.4) is 0 Å². The van der Waals surface area contributed by atoms with Gasteiger partial charge in [0.15, 0.2) is 0 Å². The number of carboxylic acid groups (broad SMARTS) is 3. The summed E-state index contributed by atoms with van der Waals surface area (Å²) in [5, 5.41) is 30.2. The molecule has 3 N–H and O–H groups in total. The van der Waals surface area contributed by atoms with Crippen molar-refractivity contribution in [3.05, 3.63) is 33.9 Å². The molecule has 0 fully saturated rings. The summed E-state index contributed by atoms with van der Waals surface area (Å²) >= 11 is 0. The molecule has 1 aromatic carbocycles. The largest absolute Gasteiger partial charge is 0.478 e. The maximum Gasteiger partial charge on any atom is 0.336 e. The van der Waals surface area contributed by atoms with Gasteiger partial charge in [-0.15, -0.1) is 0 Å². The minimum atomic E-state index is -1.26. The summed E-state index contributed by atoms with van der Waals surface area (Å²) in [6.07, 6.45) is 45.9. The van der Waals surface area contributed by atoms with E-state index in [1.54, 1.807) is 0 Å². The molecule has 0 saturated heterocycles. The van der Waals surface area contributed by atoms with Gasteiger partial charge in [0.2, 0.25) is 0 Å². The van der Waals surface area contributed by atoms with E-state index in [1.165, 1.54) is 186 Å². The molecular weight excluding hydrogens is 685 g/mol. The highest BCUT2D eigenvalue weighted by atomic mass is 16.4. The summed E-state index contributed by atoms with van der Waals surface area (Å²) in [5.41, 5.74) is 0.140. The first-order valence-corrected chi connectivity index (χ1v) is 23.7. The van der Waals surface area contributed by atoms with E-state index in [9.17, 15) is 29.7 Å². The fourth-order valence-electron chi connectivity index (χ4n) is 8.34. The van der Waals surface area contributed by atoms with Gasteiger partial charge in [-0.25, -0.2) is 14.4 Å². The van der Waals surface area contributed by atoms with Crippen LogP contribution < -0.4 is 0 Å². The molecule has 0 aliphatic carbocycles. The highest BCUT2D eigenvalue weighted by molar-refractivity contribution is 6.03. The molecule has 0 bridgehead atoms. The number of carboxylic acids is 3. The average Bonchev–Trinajstić information content (AvgIpc) is 3.16. The normalized spacial score (nSPS) is 11.4. The van der Waals surface area contributed by atoms with Crippen molar-refractivity contribution in [1.29, 1.82) is 0 Å². The summed E-state index contributed by atoms with van der Waals surface area (Å²) in [5.74, 6) is -3.75. The minimum absolute atomic E-state index is 0.0868. The van der Waals surface area contributed by atoms with Gasteiger partial charge in [0.1, 0.15) is 0 Å².